The molecule has 0 radical (unpaired) electrons. The molecule has 1 amide bonds. The van der Waals surface area contributed by atoms with E-state index in [1.54, 1.807) is 24.3 Å². The van der Waals surface area contributed by atoms with Crippen LogP contribution in [-0.4, -0.2) is 28.3 Å². The van der Waals surface area contributed by atoms with Crippen LogP contribution in [0.3, 0.4) is 0 Å². The molecular weight excluding hydrogens is 402 g/mol. The first-order valence-corrected chi connectivity index (χ1v) is 10.6. The van der Waals surface area contributed by atoms with E-state index >= 15 is 0 Å². The molecule has 32 heavy (non-hydrogen) atoms. The highest BCUT2D eigenvalue weighted by atomic mass is 16.5. The van der Waals surface area contributed by atoms with Crippen molar-refractivity contribution in [2.45, 2.75) is 26.4 Å². The second-order valence-corrected chi connectivity index (χ2v) is 7.78. The number of hydrogen-bond acceptors (Lipinski definition) is 4. The average Bonchev–Trinajstić information content (AvgIpc) is 3.05. The minimum absolute atomic E-state index is 0.0962. The first-order chi connectivity index (χ1) is 15.5. The molecule has 0 aliphatic carbocycles. The summed E-state index contributed by atoms with van der Waals surface area (Å²) in [5, 5.41) is 11.1. The van der Waals surface area contributed by atoms with Crippen LogP contribution in [0, 0.1) is 6.92 Å². The Morgan fingerprint density at radius 3 is 2.22 bits per heavy atom. The van der Waals surface area contributed by atoms with Gasteiger partial charge in [-0.25, -0.2) is 0 Å². The summed E-state index contributed by atoms with van der Waals surface area (Å²) < 4.78 is 5.46. The van der Waals surface area contributed by atoms with Gasteiger partial charge in [-0.2, -0.15) is 0 Å². The summed E-state index contributed by atoms with van der Waals surface area (Å²) in [6.45, 7) is 4.67. The van der Waals surface area contributed by atoms with Crippen LogP contribution in [0.1, 0.15) is 35.2 Å². The zero-order valence-electron chi connectivity index (χ0n) is 18.1. The number of carbonyl (C=O) groups is 2. The highest BCUT2D eigenvalue weighted by Gasteiger charge is 2.46. The van der Waals surface area contributed by atoms with Crippen molar-refractivity contribution in [2.24, 2.45) is 0 Å². The van der Waals surface area contributed by atoms with E-state index in [9.17, 15) is 14.7 Å². The highest BCUT2D eigenvalue weighted by Crippen LogP contribution is 2.40. The van der Waals surface area contributed by atoms with Gasteiger partial charge in [-0.15, -0.1) is 0 Å². The minimum atomic E-state index is -0.683. The second kappa shape index (κ2) is 9.10. The van der Waals surface area contributed by atoms with E-state index in [0.29, 0.717) is 17.9 Å². The molecule has 1 heterocycles. The smallest absolute Gasteiger partial charge is 0.295 e. The first kappa shape index (κ1) is 21.4. The number of benzene rings is 3. The van der Waals surface area contributed by atoms with Gasteiger partial charge in [0.2, 0.25) is 0 Å². The maximum absolute atomic E-state index is 13.1. The molecule has 0 bridgehead atoms. The molecule has 0 spiro atoms. The van der Waals surface area contributed by atoms with Crippen molar-refractivity contribution in [1.29, 1.82) is 0 Å². The van der Waals surface area contributed by atoms with E-state index in [1.807, 2.05) is 68.4 Å². The van der Waals surface area contributed by atoms with Gasteiger partial charge in [-0.1, -0.05) is 60.2 Å². The van der Waals surface area contributed by atoms with Crippen LogP contribution in [0.4, 0.5) is 0 Å². The topological polar surface area (TPSA) is 66.8 Å². The number of carbonyl (C=O) groups excluding carboxylic acids is 2. The van der Waals surface area contributed by atoms with Crippen molar-refractivity contribution in [3.05, 3.63) is 107 Å². The molecule has 3 aromatic rings. The fourth-order valence-electron chi connectivity index (χ4n) is 3.95. The fourth-order valence-corrected chi connectivity index (χ4v) is 3.95. The predicted octanol–water partition coefficient (Wildman–Crippen LogP) is 5.02. The van der Waals surface area contributed by atoms with Gasteiger partial charge in [0.05, 0.1) is 18.2 Å². The molecule has 4 rings (SSSR count). The summed E-state index contributed by atoms with van der Waals surface area (Å²) in [5.74, 6) is -0.819. The molecule has 1 unspecified atom stereocenters. The van der Waals surface area contributed by atoms with Crippen molar-refractivity contribution in [2.75, 3.05) is 6.61 Å². The lowest BCUT2D eigenvalue weighted by atomic mass is 9.94. The molecule has 5 heteroatoms. The molecular formula is C27H25NO4. The number of hydrogen-bond donors (Lipinski definition) is 1. The maximum Gasteiger partial charge on any atom is 0.295 e. The van der Waals surface area contributed by atoms with Crippen LogP contribution in [0.5, 0.6) is 5.75 Å². The molecule has 1 N–H and O–H groups in total. The predicted molar refractivity (Wildman–Crippen MR) is 123 cm³/mol. The lowest BCUT2D eigenvalue weighted by Crippen LogP contribution is -2.29. The zero-order chi connectivity index (χ0) is 22.7. The summed E-state index contributed by atoms with van der Waals surface area (Å²) in [7, 11) is 0. The third-order valence-electron chi connectivity index (χ3n) is 5.57. The van der Waals surface area contributed by atoms with Crippen LogP contribution in [0.2, 0.25) is 0 Å². The molecule has 3 aromatic carbocycles. The molecule has 1 aliphatic rings. The Bertz CT molecular complexity index is 1150. The van der Waals surface area contributed by atoms with E-state index in [4.69, 9.17) is 4.74 Å². The number of rotatable bonds is 6. The van der Waals surface area contributed by atoms with Gasteiger partial charge >= 0.3 is 0 Å². The van der Waals surface area contributed by atoms with Gasteiger partial charge in [-0.05, 0) is 49.2 Å². The van der Waals surface area contributed by atoms with E-state index in [1.165, 1.54) is 4.90 Å². The van der Waals surface area contributed by atoms with Crippen molar-refractivity contribution < 1.29 is 19.4 Å². The van der Waals surface area contributed by atoms with E-state index in [-0.39, 0.29) is 17.9 Å². The molecule has 0 aromatic heterocycles. The van der Waals surface area contributed by atoms with Gasteiger partial charge in [0.1, 0.15) is 11.5 Å². The van der Waals surface area contributed by atoms with Crippen molar-refractivity contribution in [1.82, 2.24) is 4.90 Å². The monoisotopic (exact) mass is 427 g/mol. The number of ketones is 1. The molecule has 1 atom stereocenters. The third kappa shape index (κ3) is 4.14. The molecule has 5 nitrogen and oxygen atoms in total. The van der Waals surface area contributed by atoms with Gasteiger partial charge in [0, 0.05) is 12.1 Å². The number of aryl methyl sites for hydroxylation is 1. The lowest BCUT2D eigenvalue weighted by Gasteiger charge is -2.25. The van der Waals surface area contributed by atoms with Crippen LogP contribution >= 0.6 is 0 Å². The Morgan fingerprint density at radius 1 is 0.938 bits per heavy atom. The highest BCUT2D eigenvalue weighted by molar-refractivity contribution is 6.46. The fraction of sp³-hybridized carbons (Fsp3) is 0.185. The number of ether oxygens (including phenoxy) is 1. The largest absolute Gasteiger partial charge is 0.507 e. The van der Waals surface area contributed by atoms with Gasteiger partial charge < -0.3 is 14.7 Å². The Hall–Kier alpha value is -3.86. The number of nitrogens with zero attached hydrogens (tertiary/aromatic N) is 1. The summed E-state index contributed by atoms with van der Waals surface area (Å²) >= 11 is 0. The van der Waals surface area contributed by atoms with E-state index in [2.05, 4.69) is 0 Å². The summed E-state index contributed by atoms with van der Waals surface area (Å²) in [5.41, 5.74) is 3.31. The Morgan fingerprint density at radius 2 is 1.59 bits per heavy atom. The van der Waals surface area contributed by atoms with Crippen molar-refractivity contribution >= 4 is 17.4 Å². The SMILES string of the molecule is CCOc1ccc(/C(O)=C2\C(=O)C(=O)N(Cc3ccccc3)C2c2ccc(C)cc2)cc1. The normalized spacial score (nSPS) is 17.6. The van der Waals surface area contributed by atoms with Gasteiger partial charge in [0.25, 0.3) is 11.7 Å². The summed E-state index contributed by atoms with van der Waals surface area (Å²) in [6, 6.07) is 23.4. The standard InChI is InChI=1S/C27H25NO4/c1-3-32-22-15-13-21(14-16-22)25(29)23-24(20-11-9-18(2)10-12-20)28(27(31)26(23)30)17-19-7-5-4-6-8-19/h4-16,24,29H,3,17H2,1-2H3/b25-23+. The summed E-state index contributed by atoms with van der Waals surface area (Å²) in [4.78, 5) is 27.7. The molecule has 1 fully saturated rings. The first-order valence-electron chi connectivity index (χ1n) is 10.6. The molecule has 162 valence electrons. The number of aliphatic hydroxyl groups is 1. The minimum Gasteiger partial charge on any atom is -0.507 e. The molecule has 0 saturated carbocycles. The van der Waals surface area contributed by atoms with E-state index in [0.717, 1.165) is 16.7 Å². The van der Waals surface area contributed by atoms with Crippen LogP contribution in [0.15, 0.2) is 84.4 Å². The molecule has 1 saturated heterocycles. The number of Topliss-reactive ketones (excluding diaryl/α,β-unsaturated/α-hetero) is 1. The van der Waals surface area contributed by atoms with Crippen LogP contribution in [0.25, 0.3) is 5.76 Å². The number of amides is 1. The third-order valence-corrected chi connectivity index (χ3v) is 5.57. The Balaban J connectivity index is 1.81. The van der Waals surface area contributed by atoms with Crippen molar-refractivity contribution in [3.63, 3.8) is 0 Å². The van der Waals surface area contributed by atoms with Crippen LogP contribution < -0.4 is 4.74 Å². The van der Waals surface area contributed by atoms with Crippen LogP contribution in [-0.2, 0) is 16.1 Å². The number of likely N-dealkylation sites (tertiary alicyclic amines) is 1. The average molecular weight is 428 g/mol. The summed E-state index contributed by atoms with van der Waals surface area (Å²) in [6.07, 6.45) is 0. The maximum atomic E-state index is 13.1. The lowest BCUT2D eigenvalue weighted by molar-refractivity contribution is -0.140. The quantitative estimate of drug-likeness (QED) is 0.341. The van der Waals surface area contributed by atoms with Crippen molar-refractivity contribution in [3.8, 4) is 5.75 Å². The second-order valence-electron chi connectivity index (χ2n) is 7.78. The van der Waals surface area contributed by atoms with E-state index < -0.39 is 17.7 Å². The Labute approximate surface area is 187 Å². The molecule has 1 aliphatic heterocycles. The number of aliphatic hydroxyl groups excluding tert-OH is 1. The Kier molecular flexibility index (Phi) is 6.08. The van der Waals surface area contributed by atoms with Gasteiger partial charge in [-0.3, -0.25) is 9.59 Å². The zero-order valence-corrected chi connectivity index (χ0v) is 18.1. The van der Waals surface area contributed by atoms with Gasteiger partial charge in [0.15, 0.2) is 0 Å².